The Balaban J connectivity index is 1.38. The first-order chi connectivity index (χ1) is 13.2. The molecule has 1 aromatic carbocycles. The molecule has 5 rings (SSSR count). The number of nitrogens with one attached hydrogen (secondary N) is 2. The standard InChI is InChI=1S/C21H21N3O2S/c1-13-7-8-16(26-13)19-22-20(25)18-15-9-10-24(11-14-5-3-2-4-6-14)12-17(15)27-21(18)23-19/h2-8,19,23H,9-12H2,1H3,(H,22,25). The Morgan fingerprint density at radius 3 is 2.81 bits per heavy atom. The normalized spacial score (nSPS) is 19.1. The maximum absolute atomic E-state index is 12.8. The van der Waals surface area contributed by atoms with E-state index in [0.29, 0.717) is 0 Å². The number of aryl methyl sites for hydroxylation is 1. The van der Waals surface area contributed by atoms with Gasteiger partial charge < -0.3 is 15.1 Å². The van der Waals surface area contributed by atoms with Gasteiger partial charge in [0, 0.05) is 24.5 Å². The number of carbonyl (C=O) groups is 1. The number of anilines is 1. The predicted molar refractivity (Wildman–Crippen MR) is 106 cm³/mol. The van der Waals surface area contributed by atoms with Gasteiger partial charge in [-0.15, -0.1) is 11.3 Å². The minimum atomic E-state index is -0.306. The summed E-state index contributed by atoms with van der Waals surface area (Å²) >= 11 is 1.71. The first-order valence-corrected chi connectivity index (χ1v) is 10.0. The van der Waals surface area contributed by atoms with Crippen molar-refractivity contribution in [3.8, 4) is 0 Å². The van der Waals surface area contributed by atoms with Gasteiger partial charge in [0.1, 0.15) is 16.5 Å². The third kappa shape index (κ3) is 3.05. The van der Waals surface area contributed by atoms with Gasteiger partial charge >= 0.3 is 0 Å². The van der Waals surface area contributed by atoms with E-state index in [-0.39, 0.29) is 12.1 Å². The Labute approximate surface area is 162 Å². The highest BCUT2D eigenvalue weighted by molar-refractivity contribution is 7.16. The Hall–Kier alpha value is -2.57. The van der Waals surface area contributed by atoms with Gasteiger partial charge in [0.25, 0.3) is 5.91 Å². The van der Waals surface area contributed by atoms with E-state index in [4.69, 9.17) is 4.42 Å². The molecule has 27 heavy (non-hydrogen) atoms. The molecule has 6 heteroatoms. The van der Waals surface area contributed by atoms with Crippen LogP contribution in [0.15, 0.2) is 46.9 Å². The topological polar surface area (TPSA) is 57.5 Å². The summed E-state index contributed by atoms with van der Waals surface area (Å²) in [7, 11) is 0. The number of carbonyl (C=O) groups excluding carboxylic acids is 1. The first kappa shape index (κ1) is 16.6. The minimum absolute atomic E-state index is 0.00295. The highest BCUT2D eigenvalue weighted by Gasteiger charge is 2.34. The van der Waals surface area contributed by atoms with Crippen molar-refractivity contribution in [1.29, 1.82) is 0 Å². The van der Waals surface area contributed by atoms with Crippen LogP contribution < -0.4 is 10.6 Å². The van der Waals surface area contributed by atoms with Crippen LogP contribution in [0, 0.1) is 6.92 Å². The van der Waals surface area contributed by atoms with Crippen LogP contribution in [0.4, 0.5) is 5.00 Å². The summed E-state index contributed by atoms with van der Waals surface area (Å²) in [6.45, 7) is 4.71. The SMILES string of the molecule is Cc1ccc(C2NC(=O)c3c(sc4c3CCN(Cc3ccccc3)C4)N2)o1. The maximum Gasteiger partial charge on any atom is 0.256 e. The molecule has 1 atom stereocenters. The molecule has 1 amide bonds. The molecule has 0 radical (unpaired) electrons. The van der Waals surface area contributed by atoms with Crippen molar-refractivity contribution in [2.75, 3.05) is 11.9 Å². The molecule has 2 aromatic heterocycles. The molecule has 5 nitrogen and oxygen atoms in total. The van der Waals surface area contributed by atoms with Gasteiger partial charge in [-0.1, -0.05) is 30.3 Å². The molecule has 0 saturated heterocycles. The fourth-order valence-electron chi connectivity index (χ4n) is 3.90. The second-order valence-electron chi connectivity index (χ2n) is 7.15. The number of amides is 1. The third-order valence-electron chi connectivity index (χ3n) is 5.21. The summed E-state index contributed by atoms with van der Waals surface area (Å²) in [5.74, 6) is 1.58. The van der Waals surface area contributed by atoms with E-state index in [1.807, 2.05) is 25.1 Å². The number of hydrogen-bond donors (Lipinski definition) is 2. The fourth-order valence-corrected chi connectivity index (χ4v) is 5.21. The van der Waals surface area contributed by atoms with Gasteiger partial charge in [-0.05, 0) is 36.6 Å². The highest BCUT2D eigenvalue weighted by Crippen LogP contribution is 2.41. The molecule has 0 fully saturated rings. The molecule has 2 aliphatic rings. The molecule has 0 aliphatic carbocycles. The molecule has 2 aliphatic heterocycles. The van der Waals surface area contributed by atoms with Crippen molar-refractivity contribution in [3.63, 3.8) is 0 Å². The largest absolute Gasteiger partial charge is 0.462 e. The number of hydrogen-bond acceptors (Lipinski definition) is 5. The molecule has 0 spiro atoms. The quantitative estimate of drug-likeness (QED) is 0.720. The van der Waals surface area contributed by atoms with E-state index < -0.39 is 0 Å². The minimum Gasteiger partial charge on any atom is -0.462 e. The summed E-state index contributed by atoms with van der Waals surface area (Å²) in [6, 6.07) is 14.4. The van der Waals surface area contributed by atoms with Crippen LogP contribution in [0.3, 0.4) is 0 Å². The van der Waals surface area contributed by atoms with E-state index >= 15 is 0 Å². The molecular weight excluding hydrogens is 358 g/mol. The molecule has 3 aromatic rings. The van der Waals surface area contributed by atoms with Gasteiger partial charge in [-0.3, -0.25) is 9.69 Å². The molecular formula is C21H21N3O2S. The molecule has 4 heterocycles. The molecule has 2 N–H and O–H groups in total. The zero-order valence-corrected chi connectivity index (χ0v) is 15.9. The Bertz CT molecular complexity index is 992. The number of benzene rings is 1. The summed E-state index contributed by atoms with van der Waals surface area (Å²) in [5, 5.41) is 7.45. The maximum atomic E-state index is 12.8. The van der Waals surface area contributed by atoms with E-state index in [2.05, 4.69) is 39.8 Å². The zero-order valence-electron chi connectivity index (χ0n) is 15.1. The van der Waals surface area contributed by atoms with Crippen molar-refractivity contribution in [1.82, 2.24) is 10.2 Å². The molecule has 0 bridgehead atoms. The Morgan fingerprint density at radius 2 is 2.04 bits per heavy atom. The van der Waals surface area contributed by atoms with Gasteiger partial charge in [0.05, 0.1) is 5.56 Å². The van der Waals surface area contributed by atoms with Gasteiger partial charge in [0.15, 0.2) is 6.17 Å². The van der Waals surface area contributed by atoms with E-state index in [9.17, 15) is 4.79 Å². The summed E-state index contributed by atoms with van der Waals surface area (Å²) < 4.78 is 5.69. The average Bonchev–Trinajstić information content (AvgIpc) is 3.25. The fraction of sp³-hybridized carbons (Fsp3) is 0.286. The van der Waals surface area contributed by atoms with Crippen LogP contribution in [-0.2, 0) is 19.5 Å². The van der Waals surface area contributed by atoms with Crippen LogP contribution in [0.1, 0.15) is 44.0 Å². The number of rotatable bonds is 3. The lowest BCUT2D eigenvalue weighted by Crippen LogP contribution is -2.38. The summed E-state index contributed by atoms with van der Waals surface area (Å²) in [4.78, 5) is 16.5. The number of thiophene rings is 1. The summed E-state index contributed by atoms with van der Waals surface area (Å²) in [5.41, 5.74) is 3.36. The van der Waals surface area contributed by atoms with E-state index in [1.165, 1.54) is 16.0 Å². The van der Waals surface area contributed by atoms with Gasteiger partial charge in [0.2, 0.25) is 0 Å². The second kappa shape index (κ2) is 6.55. The number of fused-ring (bicyclic) bond motifs is 3. The first-order valence-electron chi connectivity index (χ1n) is 9.22. The van der Waals surface area contributed by atoms with E-state index in [0.717, 1.165) is 48.1 Å². The van der Waals surface area contributed by atoms with Crippen LogP contribution in [0.25, 0.3) is 0 Å². The molecule has 138 valence electrons. The smallest absolute Gasteiger partial charge is 0.256 e. The van der Waals surface area contributed by atoms with Crippen molar-refractivity contribution in [3.05, 3.63) is 75.6 Å². The van der Waals surface area contributed by atoms with Crippen molar-refractivity contribution in [2.24, 2.45) is 0 Å². The average molecular weight is 379 g/mol. The van der Waals surface area contributed by atoms with E-state index in [1.54, 1.807) is 11.3 Å². The monoisotopic (exact) mass is 379 g/mol. The highest BCUT2D eigenvalue weighted by atomic mass is 32.1. The Kier molecular flexibility index (Phi) is 4.02. The lowest BCUT2D eigenvalue weighted by molar-refractivity contribution is 0.0929. The van der Waals surface area contributed by atoms with Crippen LogP contribution >= 0.6 is 11.3 Å². The van der Waals surface area contributed by atoms with Crippen LogP contribution in [0.5, 0.6) is 0 Å². The molecule has 1 unspecified atom stereocenters. The zero-order chi connectivity index (χ0) is 18.4. The van der Waals surface area contributed by atoms with Gasteiger partial charge in [-0.25, -0.2) is 0 Å². The second-order valence-corrected chi connectivity index (χ2v) is 8.26. The summed E-state index contributed by atoms with van der Waals surface area (Å²) in [6.07, 6.45) is 0.604. The lowest BCUT2D eigenvalue weighted by atomic mass is 10.0. The Morgan fingerprint density at radius 1 is 1.19 bits per heavy atom. The van der Waals surface area contributed by atoms with Crippen LogP contribution in [0.2, 0.25) is 0 Å². The third-order valence-corrected chi connectivity index (χ3v) is 6.36. The van der Waals surface area contributed by atoms with Gasteiger partial charge in [-0.2, -0.15) is 0 Å². The predicted octanol–water partition coefficient (Wildman–Crippen LogP) is 4.06. The van der Waals surface area contributed by atoms with Crippen molar-refractivity contribution < 1.29 is 9.21 Å². The molecule has 0 saturated carbocycles. The number of nitrogens with zero attached hydrogens (tertiary/aromatic N) is 1. The van der Waals surface area contributed by atoms with Crippen LogP contribution in [-0.4, -0.2) is 17.4 Å². The number of furan rings is 1. The van der Waals surface area contributed by atoms with Crippen molar-refractivity contribution >= 4 is 22.2 Å². The van der Waals surface area contributed by atoms with Crippen molar-refractivity contribution in [2.45, 2.75) is 32.6 Å². The lowest BCUT2D eigenvalue weighted by Gasteiger charge is -2.28.